The molecule has 0 aliphatic rings. The Balaban J connectivity index is 3.81. The maximum Gasteiger partial charge on any atom is -0.0306 e. The Hall–Kier alpha value is 0.170. The van der Waals surface area contributed by atoms with Crippen molar-refractivity contribution in [3.8, 4) is 0 Å². The van der Waals surface area contributed by atoms with Crippen LogP contribution in [0.2, 0.25) is 0 Å². The lowest BCUT2D eigenvalue weighted by Crippen LogP contribution is -1.75. The summed E-state index contributed by atoms with van der Waals surface area (Å²) in [4.78, 5) is 0. The van der Waals surface area contributed by atoms with Gasteiger partial charge in [-0.1, -0.05) is 33.2 Å². The summed E-state index contributed by atoms with van der Waals surface area (Å²) in [5.41, 5.74) is 0. The van der Waals surface area contributed by atoms with Crippen molar-refractivity contribution in [3.05, 3.63) is 11.4 Å². The van der Waals surface area contributed by atoms with E-state index in [1.807, 2.05) is 0 Å². The van der Waals surface area contributed by atoms with E-state index in [1.54, 1.807) is 5.31 Å². The third-order valence-electron chi connectivity index (χ3n) is 1.38. The second-order valence-corrected chi connectivity index (χ2v) is 4.71. The van der Waals surface area contributed by atoms with Crippen LogP contribution >= 0.6 is 7.92 Å². The molecule has 0 aromatic rings. The Morgan fingerprint density at radius 1 is 1.33 bits per heavy atom. The molecule has 54 valence electrons. The summed E-state index contributed by atoms with van der Waals surface area (Å²) in [6.45, 7) is 9.08. The summed E-state index contributed by atoms with van der Waals surface area (Å²) in [6, 6.07) is 0. The summed E-state index contributed by atoms with van der Waals surface area (Å²) in [7, 11) is 0.191. The van der Waals surface area contributed by atoms with Gasteiger partial charge in [-0.2, -0.15) is 0 Å². The van der Waals surface area contributed by atoms with E-state index >= 15 is 0 Å². The van der Waals surface area contributed by atoms with Crippen molar-refractivity contribution in [2.24, 2.45) is 0 Å². The largest absolute Gasteiger partial charge is 0.0865 e. The first-order valence-electron chi connectivity index (χ1n) is 3.58. The van der Waals surface area contributed by atoms with Gasteiger partial charge in [-0.3, -0.25) is 0 Å². The van der Waals surface area contributed by atoms with Gasteiger partial charge in [0.15, 0.2) is 0 Å². The molecule has 0 aliphatic heterocycles. The molecule has 0 aromatic heterocycles. The molecule has 0 N–H and O–H groups in total. The van der Waals surface area contributed by atoms with Crippen LogP contribution < -0.4 is 0 Å². The Labute approximate surface area is 60.1 Å². The van der Waals surface area contributed by atoms with Crippen molar-refractivity contribution >= 4 is 7.92 Å². The van der Waals surface area contributed by atoms with Gasteiger partial charge < -0.3 is 0 Å². The maximum absolute atomic E-state index is 2.37. The van der Waals surface area contributed by atoms with Crippen molar-refractivity contribution in [1.29, 1.82) is 0 Å². The average molecular weight is 144 g/mol. The van der Waals surface area contributed by atoms with Gasteiger partial charge in [0.2, 0.25) is 0 Å². The molecule has 0 saturated carbocycles. The fourth-order valence-corrected chi connectivity index (χ4v) is 2.06. The van der Waals surface area contributed by atoms with E-state index in [4.69, 9.17) is 0 Å². The molecule has 0 bridgehead atoms. The molecular weight excluding hydrogens is 127 g/mol. The van der Waals surface area contributed by atoms with E-state index in [2.05, 4.69) is 33.3 Å². The van der Waals surface area contributed by atoms with Crippen molar-refractivity contribution < 1.29 is 0 Å². The number of rotatable bonds is 3. The first kappa shape index (κ1) is 9.17. The molecule has 0 heterocycles. The fourth-order valence-electron chi connectivity index (χ4n) is 0.879. The van der Waals surface area contributed by atoms with Crippen molar-refractivity contribution in [2.75, 3.05) is 13.3 Å². The predicted octanol–water partition coefficient (Wildman–Crippen LogP) is 3.43. The van der Waals surface area contributed by atoms with E-state index in [9.17, 15) is 0 Å². The molecular formula is C8H17P. The van der Waals surface area contributed by atoms with Crippen LogP contribution in [0, 0.1) is 0 Å². The Bertz CT molecular complexity index is 92.7. The minimum Gasteiger partial charge on any atom is -0.0865 e. The van der Waals surface area contributed by atoms with E-state index in [1.165, 1.54) is 12.8 Å². The SMILES string of the molecule is CC/C=C(\CC)P(C)C. The second kappa shape index (κ2) is 4.99. The first-order chi connectivity index (χ1) is 4.22. The van der Waals surface area contributed by atoms with Gasteiger partial charge in [-0.05, 0) is 26.2 Å². The standard InChI is InChI=1S/C8H17P/c1-5-7-8(6-2)9(3)4/h7H,5-6H2,1-4H3/b8-7+. The minimum absolute atomic E-state index is 0.191. The van der Waals surface area contributed by atoms with Gasteiger partial charge in [0, 0.05) is 0 Å². The van der Waals surface area contributed by atoms with Gasteiger partial charge in [-0.15, -0.1) is 0 Å². The third kappa shape index (κ3) is 3.70. The highest BCUT2D eigenvalue weighted by molar-refractivity contribution is 7.60. The van der Waals surface area contributed by atoms with Gasteiger partial charge in [0.05, 0.1) is 0 Å². The van der Waals surface area contributed by atoms with Gasteiger partial charge in [-0.25, -0.2) is 0 Å². The minimum atomic E-state index is 0.191. The molecule has 0 saturated heterocycles. The highest BCUT2D eigenvalue weighted by atomic mass is 31.1. The molecule has 0 aromatic carbocycles. The molecule has 0 rings (SSSR count). The van der Waals surface area contributed by atoms with E-state index < -0.39 is 0 Å². The van der Waals surface area contributed by atoms with Crippen LogP contribution in [-0.4, -0.2) is 13.3 Å². The molecule has 0 aliphatic carbocycles. The van der Waals surface area contributed by atoms with Crippen LogP contribution in [0.5, 0.6) is 0 Å². The summed E-state index contributed by atoms with van der Waals surface area (Å²) in [5.74, 6) is 0. The lowest BCUT2D eigenvalue weighted by molar-refractivity contribution is 1.13. The van der Waals surface area contributed by atoms with Crippen molar-refractivity contribution in [2.45, 2.75) is 26.7 Å². The van der Waals surface area contributed by atoms with Crippen molar-refractivity contribution in [3.63, 3.8) is 0 Å². The van der Waals surface area contributed by atoms with Crippen LogP contribution in [0.25, 0.3) is 0 Å². The Kier molecular flexibility index (Phi) is 5.09. The van der Waals surface area contributed by atoms with Crippen LogP contribution in [0.4, 0.5) is 0 Å². The zero-order valence-corrected chi connectivity index (χ0v) is 7.83. The third-order valence-corrected chi connectivity index (χ3v) is 3.02. The molecule has 0 unspecified atom stereocenters. The van der Waals surface area contributed by atoms with E-state index in [0.29, 0.717) is 0 Å². The van der Waals surface area contributed by atoms with Crippen LogP contribution in [0.3, 0.4) is 0 Å². The molecule has 1 heteroatoms. The Morgan fingerprint density at radius 3 is 2.00 bits per heavy atom. The predicted molar refractivity (Wildman–Crippen MR) is 47.4 cm³/mol. The lowest BCUT2D eigenvalue weighted by Gasteiger charge is -2.07. The summed E-state index contributed by atoms with van der Waals surface area (Å²) in [6.07, 6.45) is 4.81. The van der Waals surface area contributed by atoms with Crippen molar-refractivity contribution in [1.82, 2.24) is 0 Å². The van der Waals surface area contributed by atoms with E-state index in [0.717, 1.165) is 0 Å². The number of hydrogen-bond donors (Lipinski definition) is 0. The highest BCUT2D eigenvalue weighted by Crippen LogP contribution is 2.38. The fraction of sp³-hybridized carbons (Fsp3) is 0.750. The summed E-state index contributed by atoms with van der Waals surface area (Å²) in [5, 5.41) is 1.66. The zero-order chi connectivity index (χ0) is 7.28. The monoisotopic (exact) mass is 144 g/mol. The molecule has 0 atom stereocenters. The molecule has 0 spiro atoms. The van der Waals surface area contributed by atoms with Gasteiger partial charge >= 0.3 is 0 Å². The maximum atomic E-state index is 2.37. The molecule has 0 amide bonds. The first-order valence-corrected chi connectivity index (χ1v) is 5.82. The molecule has 0 nitrogen and oxygen atoms in total. The second-order valence-electron chi connectivity index (χ2n) is 2.35. The lowest BCUT2D eigenvalue weighted by atomic mass is 10.3. The van der Waals surface area contributed by atoms with E-state index in [-0.39, 0.29) is 7.92 Å². The highest BCUT2D eigenvalue weighted by Gasteiger charge is 1.96. The number of allylic oxidation sites excluding steroid dienone is 2. The van der Waals surface area contributed by atoms with Gasteiger partial charge in [0.25, 0.3) is 0 Å². The average Bonchev–Trinajstić information content (AvgIpc) is 1.82. The zero-order valence-electron chi connectivity index (χ0n) is 6.94. The van der Waals surface area contributed by atoms with Crippen LogP contribution in [0.15, 0.2) is 11.4 Å². The molecule has 0 fully saturated rings. The summed E-state index contributed by atoms with van der Waals surface area (Å²) < 4.78 is 0. The smallest absolute Gasteiger partial charge is 0.0306 e. The van der Waals surface area contributed by atoms with Crippen LogP contribution in [0.1, 0.15) is 26.7 Å². The normalized spacial score (nSPS) is 12.8. The van der Waals surface area contributed by atoms with Crippen LogP contribution in [-0.2, 0) is 0 Å². The topological polar surface area (TPSA) is 0 Å². The van der Waals surface area contributed by atoms with Gasteiger partial charge in [0.1, 0.15) is 0 Å². The summed E-state index contributed by atoms with van der Waals surface area (Å²) >= 11 is 0. The molecule has 9 heavy (non-hydrogen) atoms. The Morgan fingerprint density at radius 2 is 1.89 bits per heavy atom. The quantitative estimate of drug-likeness (QED) is 0.532. The molecule has 0 radical (unpaired) electrons. The number of hydrogen-bond acceptors (Lipinski definition) is 0.